The molecule has 1 aromatic rings. The molecule has 0 aliphatic rings. The van der Waals surface area contributed by atoms with Crippen LogP contribution < -0.4 is 0 Å². The van der Waals surface area contributed by atoms with Crippen LogP contribution in [0.5, 0.6) is 0 Å². The molecule has 1 aromatic heterocycles. The van der Waals surface area contributed by atoms with Crippen molar-refractivity contribution in [2.24, 2.45) is 0 Å². The van der Waals surface area contributed by atoms with Gasteiger partial charge in [-0.2, -0.15) is 0 Å². The maximum Gasteiger partial charge on any atom is 0.155 e. The van der Waals surface area contributed by atoms with E-state index in [0.29, 0.717) is 6.42 Å². The number of rotatable bonds is 5. The zero-order chi connectivity index (χ0) is 11.3. The molecule has 0 amide bonds. The number of carbonyl (C=O) groups is 1. The van der Waals surface area contributed by atoms with Crippen LogP contribution in [0.3, 0.4) is 0 Å². The SMILES string of the molecule is C/C=C/C(=O)CCC(C)(C)c1ccco1. The van der Waals surface area contributed by atoms with Crippen LogP contribution in [0.1, 0.15) is 39.4 Å². The summed E-state index contributed by atoms with van der Waals surface area (Å²) >= 11 is 0. The summed E-state index contributed by atoms with van der Waals surface area (Å²) in [6.45, 7) is 6.04. The van der Waals surface area contributed by atoms with Gasteiger partial charge >= 0.3 is 0 Å². The molecular weight excluding hydrogens is 188 g/mol. The maximum absolute atomic E-state index is 11.3. The van der Waals surface area contributed by atoms with Crippen LogP contribution >= 0.6 is 0 Å². The van der Waals surface area contributed by atoms with Gasteiger partial charge in [-0.25, -0.2) is 0 Å². The maximum atomic E-state index is 11.3. The predicted molar refractivity (Wildman–Crippen MR) is 60.8 cm³/mol. The molecule has 0 bridgehead atoms. The van der Waals surface area contributed by atoms with Crippen molar-refractivity contribution in [2.75, 3.05) is 0 Å². The zero-order valence-electron chi connectivity index (χ0n) is 9.62. The number of allylic oxidation sites excluding steroid dienone is 2. The third-order valence-electron chi connectivity index (χ3n) is 2.54. The van der Waals surface area contributed by atoms with Crippen LogP contribution in [0.15, 0.2) is 35.0 Å². The fourth-order valence-electron chi connectivity index (χ4n) is 1.49. The minimum atomic E-state index is -0.0687. The van der Waals surface area contributed by atoms with Gasteiger partial charge in [-0.15, -0.1) is 0 Å². The molecule has 0 saturated carbocycles. The quantitative estimate of drug-likeness (QED) is 0.690. The first-order chi connectivity index (χ1) is 7.06. The summed E-state index contributed by atoms with van der Waals surface area (Å²) in [5.41, 5.74) is -0.0687. The highest BCUT2D eigenvalue weighted by molar-refractivity contribution is 5.89. The smallest absolute Gasteiger partial charge is 0.155 e. The Hall–Kier alpha value is -1.31. The molecule has 0 aliphatic carbocycles. The Morgan fingerprint density at radius 2 is 2.27 bits per heavy atom. The molecular formula is C13H18O2. The average molecular weight is 206 g/mol. The van der Waals surface area contributed by atoms with Crippen LogP contribution in [0.25, 0.3) is 0 Å². The predicted octanol–water partition coefficient (Wildman–Crippen LogP) is 3.48. The van der Waals surface area contributed by atoms with Crippen LogP contribution in [-0.4, -0.2) is 5.78 Å². The van der Waals surface area contributed by atoms with Crippen LogP contribution in [0, 0.1) is 0 Å². The van der Waals surface area contributed by atoms with Crippen LogP contribution in [0.4, 0.5) is 0 Å². The molecule has 2 nitrogen and oxygen atoms in total. The third kappa shape index (κ3) is 3.39. The first kappa shape index (κ1) is 11.8. The van der Waals surface area contributed by atoms with Crippen molar-refractivity contribution < 1.29 is 9.21 Å². The molecule has 0 unspecified atom stereocenters. The van der Waals surface area contributed by atoms with E-state index in [0.717, 1.165) is 12.2 Å². The van der Waals surface area contributed by atoms with E-state index in [1.165, 1.54) is 0 Å². The number of hydrogen-bond acceptors (Lipinski definition) is 2. The second-order valence-corrected chi connectivity index (χ2v) is 4.33. The van der Waals surface area contributed by atoms with Crippen LogP contribution in [-0.2, 0) is 10.2 Å². The minimum Gasteiger partial charge on any atom is -0.469 e. The number of hydrogen-bond donors (Lipinski definition) is 0. The van der Waals surface area contributed by atoms with Gasteiger partial charge < -0.3 is 4.42 Å². The van der Waals surface area contributed by atoms with Crippen molar-refractivity contribution in [1.82, 2.24) is 0 Å². The second-order valence-electron chi connectivity index (χ2n) is 4.33. The summed E-state index contributed by atoms with van der Waals surface area (Å²) in [6, 6.07) is 3.84. The number of carbonyl (C=O) groups excluding carboxylic acids is 1. The lowest BCUT2D eigenvalue weighted by Gasteiger charge is -2.20. The Kier molecular flexibility index (Phi) is 3.89. The van der Waals surface area contributed by atoms with Crippen molar-refractivity contribution in [3.05, 3.63) is 36.3 Å². The van der Waals surface area contributed by atoms with E-state index in [2.05, 4.69) is 13.8 Å². The first-order valence-electron chi connectivity index (χ1n) is 5.26. The molecule has 1 heterocycles. The first-order valence-corrected chi connectivity index (χ1v) is 5.26. The summed E-state index contributed by atoms with van der Waals surface area (Å²) in [6.07, 6.45) is 6.45. The number of ketones is 1. The lowest BCUT2D eigenvalue weighted by atomic mass is 9.84. The summed E-state index contributed by atoms with van der Waals surface area (Å²) in [7, 11) is 0. The average Bonchev–Trinajstić information content (AvgIpc) is 2.69. The lowest BCUT2D eigenvalue weighted by molar-refractivity contribution is -0.114. The Morgan fingerprint density at radius 1 is 1.53 bits per heavy atom. The summed E-state index contributed by atoms with van der Waals surface area (Å²) in [5.74, 6) is 1.12. The van der Waals surface area contributed by atoms with Gasteiger partial charge in [0.25, 0.3) is 0 Å². The standard InChI is InChI=1S/C13H18O2/c1-4-6-11(14)8-9-13(2,3)12-7-5-10-15-12/h4-7,10H,8-9H2,1-3H3/b6-4+. The zero-order valence-corrected chi connectivity index (χ0v) is 9.62. The third-order valence-corrected chi connectivity index (χ3v) is 2.54. The van der Waals surface area contributed by atoms with Gasteiger partial charge in [0.1, 0.15) is 5.76 Å². The molecule has 82 valence electrons. The van der Waals surface area contributed by atoms with Crippen LogP contribution in [0.2, 0.25) is 0 Å². The molecule has 0 N–H and O–H groups in total. The molecule has 1 rings (SSSR count). The molecule has 0 spiro atoms. The van der Waals surface area contributed by atoms with Gasteiger partial charge in [0.05, 0.1) is 6.26 Å². The molecule has 0 aromatic carbocycles. The van der Waals surface area contributed by atoms with E-state index in [1.54, 1.807) is 18.4 Å². The Morgan fingerprint density at radius 3 is 2.80 bits per heavy atom. The number of furan rings is 1. The Bertz CT molecular complexity index is 331. The summed E-state index contributed by atoms with van der Waals surface area (Å²) in [4.78, 5) is 11.3. The topological polar surface area (TPSA) is 30.2 Å². The molecule has 0 saturated heterocycles. The van der Waals surface area contributed by atoms with Crippen molar-refractivity contribution in [3.63, 3.8) is 0 Å². The van der Waals surface area contributed by atoms with Crippen molar-refractivity contribution >= 4 is 5.78 Å². The van der Waals surface area contributed by atoms with E-state index in [-0.39, 0.29) is 11.2 Å². The molecule has 15 heavy (non-hydrogen) atoms. The normalized spacial score (nSPS) is 12.2. The van der Waals surface area contributed by atoms with Gasteiger partial charge in [-0.3, -0.25) is 4.79 Å². The van der Waals surface area contributed by atoms with Gasteiger partial charge in [-0.05, 0) is 31.6 Å². The molecule has 0 fully saturated rings. The fourth-order valence-corrected chi connectivity index (χ4v) is 1.49. The highest BCUT2D eigenvalue weighted by Crippen LogP contribution is 2.28. The van der Waals surface area contributed by atoms with E-state index >= 15 is 0 Å². The van der Waals surface area contributed by atoms with E-state index in [4.69, 9.17) is 4.42 Å². The Balaban J connectivity index is 2.54. The summed E-state index contributed by atoms with van der Waals surface area (Å²) in [5, 5.41) is 0. The molecule has 0 radical (unpaired) electrons. The highest BCUT2D eigenvalue weighted by atomic mass is 16.3. The second kappa shape index (κ2) is 4.96. The largest absolute Gasteiger partial charge is 0.469 e. The molecule has 2 heteroatoms. The van der Waals surface area contributed by atoms with E-state index in [1.807, 2.05) is 19.1 Å². The van der Waals surface area contributed by atoms with Gasteiger partial charge in [-0.1, -0.05) is 19.9 Å². The summed E-state index contributed by atoms with van der Waals surface area (Å²) < 4.78 is 5.36. The minimum absolute atomic E-state index is 0.0687. The molecule has 0 aliphatic heterocycles. The van der Waals surface area contributed by atoms with Crippen molar-refractivity contribution in [2.45, 2.75) is 39.0 Å². The lowest BCUT2D eigenvalue weighted by Crippen LogP contribution is -2.17. The van der Waals surface area contributed by atoms with E-state index in [9.17, 15) is 4.79 Å². The van der Waals surface area contributed by atoms with Gasteiger partial charge in [0, 0.05) is 11.8 Å². The van der Waals surface area contributed by atoms with Gasteiger partial charge in [0.15, 0.2) is 5.78 Å². The van der Waals surface area contributed by atoms with E-state index < -0.39 is 0 Å². The fraction of sp³-hybridized carbons (Fsp3) is 0.462. The molecule has 0 atom stereocenters. The van der Waals surface area contributed by atoms with Gasteiger partial charge in [0.2, 0.25) is 0 Å². The van der Waals surface area contributed by atoms with Crippen molar-refractivity contribution in [1.29, 1.82) is 0 Å². The monoisotopic (exact) mass is 206 g/mol. The Labute approximate surface area is 91.0 Å². The van der Waals surface area contributed by atoms with Crippen molar-refractivity contribution in [3.8, 4) is 0 Å². The highest BCUT2D eigenvalue weighted by Gasteiger charge is 2.23.